The van der Waals surface area contributed by atoms with Gasteiger partial charge in [0, 0.05) is 18.8 Å². The van der Waals surface area contributed by atoms with Crippen LogP contribution in [-0.4, -0.2) is 36.2 Å². The molecule has 2 amide bonds. The SMILES string of the molecule is CCC1COC(C)CN1C(=O)Nc1cccc(CN)c1. The van der Waals surface area contributed by atoms with Crippen LogP contribution in [0.2, 0.25) is 0 Å². The Kier molecular flexibility index (Phi) is 4.98. The van der Waals surface area contributed by atoms with Crippen LogP contribution in [0, 0.1) is 0 Å². The molecule has 0 spiro atoms. The number of amides is 2. The predicted molar refractivity (Wildman–Crippen MR) is 79.6 cm³/mol. The number of morpholine rings is 1. The van der Waals surface area contributed by atoms with Gasteiger partial charge in [-0.05, 0) is 31.0 Å². The van der Waals surface area contributed by atoms with Crippen molar-refractivity contribution in [2.75, 3.05) is 18.5 Å². The summed E-state index contributed by atoms with van der Waals surface area (Å²) >= 11 is 0. The van der Waals surface area contributed by atoms with E-state index in [9.17, 15) is 4.79 Å². The number of urea groups is 1. The van der Waals surface area contributed by atoms with Crippen LogP contribution >= 0.6 is 0 Å². The van der Waals surface area contributed by atoms with E-state index in [-0.39, 0.29) is 18.2 Å². The van der Waals surface area contributed by atoms with E-state index in [0.717, 1.165) is 17.7 Å². The molecule has 0 saturated carbocycles. The van der Waals surface area contributed by atoms with E-state index in [1.54, 1.807) is 0 Å². The summed E-state index contributed by atoms with van der Waals surface area (Å²) in [6.07, 6.45) is 0.974. The van der Waals surface area contributed by atoms with Gasteiger partial charge in [0.05, 0.1) is 18.8 Å². The summed E-state index contributed by atoms with van der Waals surface area (Å²) in [4.78, 5) is 14.3. The second-order valence-corrected chi connectivity index (χ2v) is 5.19. The van der Waals surface area contributed by atoms with Gasteiger partial charge in [-0.15, -0.1) is 0 Å². The number of anilines is 1. The molecule has 1 fully saturated rings. The van der Waals surface area contributed by atoms with E-state index in [2.05, 4.69) is 12.2 Å². The number of nitrogens with one attached hydrogen (secondary N) is 1. The first-order valence-corrected chi connectivity index (χ1v) is 7.12. The number of carbonyl (C=O) groups is 1. The van der Waals surface area contributed by atoms with E-state index in [1.807, 2.05) is 36.1 Å². The van der Waals surface area contributed by atoms with Crippen molar-refractivity contribution in [3.05, 3.63) is 29.8 Å². The molecule has 2 atom stereocenters. The Morgan fingerprint density at radius 1 is 1.55 bits per heavy atom. The zero-order valence-corrected chi connectivity index (χ0v) is 12.1. The average molecular weight is 277 g/mol. The summed E-state index contributed by atoms with van der Waals surface area (Å²) in [5.41, 5.74) is 7.40. The molecule has 1 aliphatic heterocycles. The zero-order valence-electron chi connectivity index (χ0n) is 12.1. The van der Waals surface area contributed by atoms with Crippen LogP contribution in [0.25, 0.3) is 0 Å². The molecule has 5 nitrogen and oxygen atoms in total. The van der Waals surface area contributed by atoms with Gasteiger partial charge in [0.1, 0.15) is 0 Å². The smallest absolute Gasteiger partial charge is 0.322 e. The molecule has 0 aromatic heterocycles. The third-order valence-electron chi connectivity index (χ3n) is 3.61. The van der Waals surface area contributed by atoms with Crippen molar-refractivity contribution in [1.29, 1.82) is 0 Å². The second-order valence-electron chi connectivity index (χ2n) is 5.19. The van der Waals surface area contributed by atoms with Crippen LogP contribution in [0.4, 0.5) is 10.5 Å². The fraction of sp³-hybridized carbons (Fsp3) is 0.533. The number of ether oxygens (including phenoxy) is 1. The van der Waals surface area contributed by atoms with Gasteiger partial charge >= 0.3 is 6.03 Å². The monoisotopic (exact) mass is 277 g/mol. The average Bonchev–Trinajstić information content (AvgIpc) is 2.47. The van der Waals surface area contributed by atoms with Crippen molar-refractivity contribution >= 4 is 11.7 Å². The highest BCUT2D eigenvalue weighted by Gasteiger charge is 2.29. The molecular weight excluding hydrogens is 254 g/mol. The molecule has 2 unspecified atom stereocenters. The molecule has 1 aliphatic rings. The molecule has 2 rings (SSSR count). The zero-order chi connectivity index (χ0) is 14.5. The molecule has 3 N–H and O–H groups in total. The Morgan fingerprint density at radius 2 is 2.35 bits per heavy atom. The number of hydrogen-bond acceptors (Lipinski definition) is 3. The van der Waals surface area contributed by atoms with Crippen molar-refractivity contribution in [3.8, 4) is 0 Å². The Balaban J connectivity index is 2.05. The van der Waals surface area contributed by atoms with Crippen molar-refractivity contribution in [2.45, 2.75) is 39.0 Å². The summed E-state index contributed by atoms with van der Waals surface area (Å²) in [6, 6.07) is 7.70. The largest absolute Gasteiger partial charge is 0.375 e. The first-order valence-electron chi connectivity index (χ1n) is 7.12. The number of carbonyl (C=O) groups excluding carboxylic acids is 1. The minimum Gasteiger partial charge on any atom is -0.375 e. The topological polar surface area (TPSA) is 67.6 Å². The number of nitrogens with two attached hydrogens (primary N) is 1. The van der Waals surface area contributed by atoms with Crippen molar-refractivity contribution in [3.63, 3.8) is 0 Å². The molecule has 0 aliphatic carbocycles. The van der Waals surface area contributed by atoms with Crippen LogP contribution in [0.1, 0.15) is 25.8 Å². The fourth-order valence-corrected chi connectivity index (χ4v) is 2.40. The summed E-state index contributed by atoms with van der Waals surface area (Å²) in [7, 11) is 0. The highest BCUT2D eigenvalue weighted by molar-refractivity contribution is 5.89. The third kappa shape index (κ3) is 3.49. The normalized spacial score (nSPS) is 22.6. The highest BCUT2D eigenvalue weighted by atomic mass is 16.5. The van der Waals surface area contributed by atoms with Crippen LogP contribution in [0.3, 0.4) is 0 Å². The molecule has 1 aromatic rings. The molecule has 0 bridgehead atoms. The molecule has 1 saturated heterocycles. The van der Waals surface area contributed by atoms with Crippen molar-refractivity contribution < 1.29 is 9.53 Å². The fourth-order valence-electron chi connectivity index (χ4n) is 2.40. The third-order valence-corrected chi connectivity index (χ3v) is 3.61. The maximum Gasteiger partial charge on any atom is 0.322 e. The minimum absolute atomic E-state index is 0.0684. The van der Waals surface area contributed by atoms with E-state index in [4.69, 9.17) is 10.5 Å². The summed E-state index contributed by atoms with van der Waals surface area (Å²) in [6.45, 7) is 5.76. The van der Waals surface area contributed by atoms with E-state index < -0.39 is 0 Å². The van der Waals surface area contributed by atoms with Crippen LogP contribution in [0.15, 0.2) is 24.3 Å². The van der Waals surface area contributed by atoms with Gasteiger partial charge < -0.3 is 20.7 Å². The van der Waals surface area contributed by atoms with Gasteiger partial charge in [-0.25, -0.2) is 4.79 Å². The molecule has 1 heterocycles. The molecule has 110 valence electrons. The number of nitrogens with zero attached hydrogens (tertiary/aromatic N) is 1. The number of benzene rings is 1. The molecule has 0 radical (unpaired) electrons. The first-order chi connectivity index (χ1) is 9.63. The maximum atomic E-state index is 12.4. The van der Waals surface area contributed by atoms with Crippen molar-refractivity contribution in [1.82, 2.24) is 4.90 Å². The molecule has 1 aromatic carbocycles. The molecule has 20 heavy (non-hydrogen) atoms. The predicted octanol–water partition coefficient (Wildman–Crippen LogP) is 2.18. The van der Waals surface area contributed by atoms with Gasteiger partial charge in [0.15, 0.2) is 0 Å². The molecule has 5 heteroatoms. The lowest BCUT2D eigenvalue weighted by Crippen LogP contribution is -2.52. The summed E-state index contributed by atoms with van der Waals surface area (Å²) in [5, 5.41) is 2.95. The summed E-state index contributed by atoms with van der Waals surface area (Å²) < 4.78 is 5.61. The lowest BCUT2D eigenvalue weighted by Gasteiger charge is -2.38. The quantitative estimate of drug-likeness (QED) is 0.889. The van der Waals surface area contributed by atoms with Gasteiger partial charge in [0.2, 0.25) is 0 Å². The van der Waals surface area contributed by atoms with Crippen LogP contribution in [0.5, 0.6) is 0 Å². The van der Waals surface area contributed by atoms with Gasteiger partial charge in [-0.3, -0.25) is 0 Å². The van der Waals surface area contributed by atoms with Crippen LogP contribution < -0.4 is 11.1 Å². The Hall–Kier alpha value is -1.59. The number of hydrogen-bond donors (Lipinski definition) is 2. The second kappa shape index (κ2) is 6.72. The van der Waals surface area contributed by atoms with E-state index >= 15 is 0 Å². The van der Waals surface area contributed by atoms with Gasteiger partial charge in [-0.1, -0.05) is 19.1 Å². The van der Waals surface area contributed by atoms with Crippen molar-refractivity contribution in [2.24, 2.45) is 5.73 Å². The highest BCUT2D eigenvalue weighted by Crippen LogP contribution is 2.17. The maximum absolute atomic E-state index is 12.4. The van der Waals surface area contributed by atoms with E-state index in [0.29, 0.717) is 19.7 Å². The lowest BCUT2D eigenvalue weighted by atomic mass is 10.1. The molecular formula is C15H23N3O2. The Morgan fingerprint density at radius 3 is 3.05 bits per heavy atom. The van der Waals surface area contributed by atoms with Crippen LogP contribution in [-0.2, 0) is 11.3 Å². The standard InChI is InChI=1S/C15H23N3O2/c1-3-14-10-20-11(2)9-18(14)15(19)17-13-6-4-5-12(7-13)8-16/h4-7,11,14H,3,8-10,16H2,1-2H3,(H,17,19). The van der Waals surface area contributed by atoms with Gasteiger partial charge in [0.25, 0.3) is 0 Å². The lowest BCUT2D eigenvalue weighted by molar-refractivity contribution is -0.0357. The van der Waals surface area contributed by atoms with E-state index in [1.165, 1.54) is 0 Å². The first kappa shape index (κ1) is 14.8. The van der Waals surface area contributed by atoms with Gasteiger partial charge in [-0.2, -0.15) is 0 Å². The summed E-state index contributed by atoms with van der Waals surface area (Å²) in [5.74, 6) is 0. The Bertz CT molecular complexity index is 464. The Labute approximate surface area is 120 Å². The number of rotatable bonds is 3. The minimum atomic E-state index is -0.0684.